The van der Waals surface area contributed by atoms with Gasteiger partial charge in [-0.15, -0.1) is 0 Å². The van der Waals surface area contributed by atoms with Gasteiger partial charge in [-0.25, -0.2) is 9.97 Å². The first-order chi connectivity index (χ1) is 7.79. The lowest BCUT2D eigenvalue weighted by Crippen LogP contribution is -2.01. The zero-order chi connectivity index (χ0) is 11.4. The van der Waals surface area contributed by atoms with Crippen LogP contribution in [-0.2, 0) is 11.3 Å². The maximum absolute atomic E-state index is 5.70. The molecular formula is C11H12N4O. The zero-order valence-electron chi connectivity index (χ0n) is 8.92. The average molecular weight is 216 g/mol. The van der Waals surface area contributed by atoms with E-state index in [-0.39, 0.29) is 0 Å². The van der Waals surface area contributed by atoms with Crippen LogP contribution in [0.1, 0.15) is 5.69 Å². The van der Waals surface area contributed by atoms with Crippen LogP contribution in [-0.4, -0.2) is 22.1 Å². The maximum atomic E-state index is 5.70. The van der Waals surface area contributed by atoms with Crippen molar-refractivity contribution < 1.29 is 4.74 Å². The molecule has 2 rings (SSSR count). The van der Waals surface area contributed by atoms with E-state index >= 15 is 0 Å². The second-order valence-electron chi connectivity index (χ2n) is 3.28. The van der Waals surface area contributed by atoms with E-state index in [1.165, 1.54) is 0 Å². The Labute approximate surface area is 93.3 Å². The van der Waals surface area contributed by atoms with Gasteiger partial charge in [0, 0.05) is 31.1 Å². The molecule has 0 saturated carbocycles. The number of rotatable bonds is 3. The molecule has 2 heterocycles. The van der Waals surface area contributed by atoms with Gasteiger partial charge in [0.15, 0.2) is 5.82 Å². The minimum absolute atomic E-state index is 0.417. The van der Waals surface area contributed by atoms with Crippen molar-refractivity contribution in [3.8, 4) is 11.4 Å². The van der Waals surface area contributed by atoms with Crippen molar-refractivity contribution in [2.75, 3.05) is 12.8 Å². The highest BCUT2D eigenvalue weighted by molar-refractivity contribution is 5.55. The van der Waals surface area contributed by atoms with Crippen LogP contribution in [0.4, 0.5) is 5.82 Å². The fourth-order valence-electron chi connectivity index (χ4n) is 1.36. The fourth-order valence-corrected chi connectivity index (χ4v) is 1.36. The average Bonchev–Trinajstić information content (AvgIpc) is 2.30. The van der Waals surface area contributed by atoms with Gasteiger partial charge in [-0.05, 0) is 12.1 Å². The number of nitrogens with two attached hydrogens (primary N) is 1. The Morgan fingerprint density at radius 3 is 2.94 bits per heavy atom. The molecule has 16 heavy (non-hydrogen) atoms. The molecule has 5 heteroatoms. The van der Waals surface area contributed by atoms with E-state index in [1.807, 2.05) is 12.1 Å². The van der Waals surface area contributed by atoms with Crippen molar-refractivity contribution >= 4 is 5.82 Å². The summed E-state index contributed by atoms with van der Waals surface area (Å²) in [5, 5.41) is 0. The molecule has 0 unspecified atom stereocenters. The zero-order valence-corrected chi connectivity index (χ0v) is 8.92. The molecule has 0 aliphatic rings. The number of nitrogen functional groups attached to an aromatic ring is 1. The van der Waals surface area contributed by atoms with Crippen LogP contribution < -0.4 is 5.73 Å². The van der Waals surface area contributed by atoms with Gasteiger partial charge in [0.05, 0.1) is 12.3 Å². The molecule has 0 aliphatic heterocycles. The standard InChI is InChI=1S/C11H12N4O/c1-16-7-9-5-10(12)15-11(14-9)8-3-2-4-13-6-8/h2-6H,7H2,1H3,(H2,12,14,15). The number of pyridine rings is 1. The minimum Gasteiger partial charge on any atom is -0.384 e. The summed E-state index contributed by atoms with van der Waals surface area (Å²) in [7, 11) is 1.61. The van der Waals surface area contributed by atoms with Crippen molar-refractivity contribution in [1.82, 2.24) is 15.0 Å². The molecule has 2 N–H and O–H groups in total. The number of hydrogen-bond acceptors (Lipinski definition) is 5. The largest absolute Gasteiger partial charge is 0.384 e. The third kappa shape index (κ3) is 2.32. The third-order valence-electron chi connectivity index (χ3n) is 2.01. The molecular weight excluding hydrogens is 204 g/mol. The molecule has 0 radical (unpaired) electrons. The van der Waals surface area contributed by atoms with Crippen molar-refractivity contribution in [2.45, 2.75) is 6.61 Å². The van der Waals surface area contributed by atoms with Crippen LogP contribution in [0.5, 0.6) is 0 Å². The van der Waals surface area contributed by atoms with Gasteiger partial charge in [0.2, 0.25) is 0 Å². The van der Waals surface area contributed by atoms with E-state index < -0.39 is 0 Å². The number of aromatic nitrogens is 3. The molecule has 5 nitrogen and oxygen atoms in total. The van der Waals surface area contributed by atoms with Gasteiger partial charge in [-0.2, -0.15) is 0 Å². The van der Waals surface area contributed by atoms with Crippen molar-refractivity contribution in [3.05, 3.63) is 36.3 Å². The summed E-state index contributed by atoms with van der Waals surface area (Å²) in [6.45, 7) is 0.417. The SMILES string of the molecule is COCc1cc(N)nc(-c2cccnc2)n1. The number of anilines is 1. The number of hydrogen-bond donors (Lipinski definition) is 1. The highest BCUT2D eigenvalue weighted by Crippen LogP contribution is 2.15. The van der Waals surface area contributed by atoms with E-state index in [0.29, 0.717) is 18.2 Å². The van der Waals surface area contributed by atoms with Gasteiger partial charge in [-0.3, -0.25) is 4.98 Å². The van der Waals surface area contributed by atoms with E-state index in [2.05, 4.69) is 15.0 Å². The van der Waals surface area contributed by atoms with Crippen molar-refractivity contribution in [1.29, 1.82) is 0 Å². The molecule has 82 valence electrons. The third-order valence-corrected chi connectivity index (χ3v) is 2.01. The Bertz CT molecular complexity index is 473. The molecule has 0 bridgehead atoms. The van der Waals surface area contributed by atoms with Gasteiger partial charge in [0.25, 0.3) is 0 Å². The summed E-state index contributed by atoms with van der Waals surface area (Å²) in [6.07, 6.45) is 3.40. The molecule has 2 aromatic rings. The molecule has 0 saturated heterocycles. The Morgan fingerprint density at radius 2 is 2.25 bits per heavy atom. The Kier molecular flexibility index (Phi) is 3.07. The lowest BCUT2D eigenvalue weighted by molar-refractivity contribution is 0.181. The highest BCUT2D eigenvalue weighted by Gasteiger charge is 2.04. The number of methoxy groups -OCH3 is 1. The Balaban J connectivity index is 2.41. The van der Waals surface area contributed by atoms with Crippen LogP contribution in [0.2, 0.25) is 0 Å². The van der Waals surface area contributed by atoms with E-state index in [9.17, 15) is 0 Å². The molecule has 0 amide bonds. The lowest BCUT2D eigenvalue weighted by atomic mass is 10.2. The number of nitrogens with zero attached hydrogens (tertiary/aromatic N) is 3. The second kappa shape index (κ2) is 4.67. The predicted octanol–water partition coefficient (Wildman–Crippen LogP) is 1.27. The van der Waals surface area contributed by atoms with Crippen LogP contribution in [0.15, 0.2) is 30.6 Å². The van der Waals surface area contributed by atoms with E-state index in [1.54, 1.807) is 25.6 Å². The maximum Gasteiger partial charge on any atom is 0.163 e. The lowest BCUT2D eigenvalue weighted by Gasteiger charge is -2.04. The quantitative estimate of drug-likeness (QED) is 0.836. The molecule has 0 aliphatic carbocycles. The summed E-state index contributed by atoms with van der Waals surface area (Å²) in [5.74, 6) is 1.00. The minimum atomic E-state index is 0.417. The van der Waals surface area contributed by atoms with Crippen molar-refractivity contribution in [2.24, 2.45) is 0 Å². The predicted molar refractivity (Wildman–Crippen MR) is 60.4 cm³/mol. The van der Waals surface area contributed by atoms with E-state index in [4.69, 9.17) is 10.5 Å². The van der Waals surface area contributed by atoms with Crippen LogP contribution in [0.25, 0.3) is 11.4 Å². The van der Waals surface area contributed by atoms with Gasteiger partial charge in [-0.1, -0.05) is 0 Å². The molecule has 0 spiro atoms. The smallest absolute Gasteiger partial charge is 0.163 e. The fraction of sp³-hybridized carbons (Fsp3) is 0.182. The topological polar surface area (TPSA) is 73.9 Å². The summed E-state index contributed by atoms with van der Waals surface area (Å²) in [6, 6.07) is 5.42. The molecule has 0 aromatic carbocycles. The first-order valence-corrected chi connectivity index (χ1v) is 4.82. The summed E-state index contributed by atoms with van der Waals surface area (Å²) in [4.78, 5) is 12.5. The van der Waals surface area contributed by atoms with Crippen LogP contribution in [0, 0.1) is 0 Å². The van der Waals surface area contributed by atoms with Crippen LogP contribution >= 0.6 is 0 Å². The Morgan fingerprint density at radius 1 is 1.38 bits per heavy atom. The van der Waals surface area contributed by atoms with Gasteiger partial charge < -0.3 is 10.5 Å². The summed E-state index contributed by atoms with van der Waals surface area (Å²) >= 11 is 0. The summed E-state index contributed by atoms with van der Waals surface area (Å²) in [5.41, 5.74) is 7.30. The van der Waals surface area contributed by atoms with Crippen LogP contribution in [0.3, 0.4) is 0 Å². The Hall–Kier alpha value is -2.01. The molecule has 0 fully saturated rings. The normalized spacial score (nSPS) is 10.3. The monoisotopic (exact) mass is 216 g/mol. The molecule has 0 atom stereocenters. The molecule has 2 aromatic heterocycles. The number of ether oxygens (including phenoxy) is 1. The summed E-state index contributed by atoms with van der Waals surface area (Å²) < 4.78 is 5.01. The first kappa shape index (κ1) is 10.5. The van der Waals surface area contributed by atoms with Gasteiger partial charge in [0.1, 0.15) is 5.82 Å². The first-order valence-electron chi connectivity index (χ1n) is 4.82. The van der Waals surface area contributed by atoms with Crippen molar-refractivity contribution in [3.63, 3.8) is 0 Å². The van der Waals surface area contributed by atoms with Gasteiger partial charge >= 0.3 is 0 Å². The highest BCUT2D eigenvalue weighted by atomic mass is 16.5. The second-order valence-corrected chi connectivity index (χ2v) is 3.28. The van der Waals surface area contributed by atoms with E-state index in [0.717, 1.165) is 11.3 Å².